The second-order valence-corrected chi connectivity index (χ2v) is 6.86. The van der Waals surface area contributed by atoms with Crippen LogP contribution in [-0.4, -0.2) is 27.9 Å². The molecular weight excluding hydrogens is 389 g/mol. The molecule has 0 aliphatic heterocycles. The predicted octanol–water partition coefficient (Wildman–Crippen LogP) is 2.63. The van der Waals surface area contributed by atoms with Gasteiger partial charge in [-0.2, -0.15) is 0 Å². The van der Waals surface area contributed by atoms with Crippen molar-refractivity contribution in [1.82, 2.24) is 15.3 Å². The van der Waals surface area contributed by atoms with Crippen LogP contribution in [-0.2, 0) is 27.3 Å². The molecule has 0 radical (unpaired) electrons. The quantitative estimate of drug-likeness (QED) is 0.555. The summed E-state index contributed by atoms with van der Waals surface area (Å²) in [5.41, 5.74) is 1.12. The molecule has 1 unspecified atom stereocenters. The molecule has 3 aromatic rings. The van der Waals surface area contributed by atoms with Gasteiger partial charge < -0.3 is 15.0 Å². The Bertz CT molecular complexity index is 1100. The van der Waals surface area contributed by atoms with Crippen LogP contribution in [0.3, 0.4) is 0 Å². The number of nitrogens with zero attached hydrogens (tertiary/aromatic N) is 1. The zero-order valence-corrected chi connectivity index (χ0v) is 16.5. The second-order valence-electron chi connectivity index (χ2n) is 6.86. The minimum Gasteiger partial charge on any atom is -0.453 e. The van der Waals surface area contributed by atoms with Crippen molar-refractivity contribution in [3.8, 4) is 0 Å². The molecule has 0 spiro atoms. The van der Waals surface area contributed by atoms with Gasteiger partial charge in [-0.05, 0) is 43.2 Å². The molecule has 1 heterocycles. The van der Waals surface area contributed by atoms with Gasteiger partial charge in [0.25, 0.3) is 11.5 Å². The fourth-order valence-corrected chi connectivity index (χ4v) is 2.90. The number of amides is 1. The number of carbonyl (C=O) groups is 2. The van der Waals surface area contributed by atoms with E-state index >= 15 is 0 Å². The fraction of sp³-hybridized carbons (Fsp3) is 0.273. The molecule has 8 heteroatoms. The summed E-state index contributed by atoms with van der Waals surface area (Å²) in [6.07, 6.45) is -0.0345. The van der Waals surface area contributed by atoms with E-state index in [2.05, 4.69) is 15.3 Å². The van der Waals surface area contributed by atoms with Crippen molar-refractivity contribution in [2.45, 2.75) is 38.8 Å². The molecule has 30 heavy (non-hydrogen) atoms. The maximum absolute atomic E-state index is 12.9. The number of para-hydroxylation sites is 1. The van der Waals surface area contributed by atoms with Gasteiger partial charge in [-0.3, -0.25) is 14.4 Å². The van der Waals surface area contributed by atoms with E-state index in [1.54, 1.807) is 36.4 Å². The average Bonchev–Trinajstić information content (AvgIpc) is 2.73. The number of aromatic nitrogens is 2. The van der Waals surface area contributed by atoms with E-state index in [4.69, 9.17) is 4.74 Å². The number of carbonyl (C=O) groups excluding carboxylic acids is 2. The number of ether oxygens (including phenoxy) is 1. The van der Waals surface area contributed by atoms with Gasteiger partial charge in [0.2, 0.25) is 0 Å². The Labute approximate surface area is 172 Å². The Morgan fingerprint density at radius 3 is 2.67 bits per heavy atom. The fourth-order valence-electron chi connectivity index (χ4n) is 2.90. The molecule has 1 aromatic heterocycles. The van der Waals surface area contributed by atoms with E-state index in [-0.39, 0.29) is 24.3 Å². The van der Waals surface area contributed by atoms with Gasteiger partial charge in [0.05, 0.1) is 10.9 Å². The van der Waals surface area contributed by atoms with Crippen LogP contribution in [0.25, 0.3) is 10.9 Å². The molecular formula is C22H22FN3O4. The van der Waals surface area contributed by atoms with Gasteiger partial charge in [-0.25, -0.2) is 9.37 Å². The van der Waals surface area contributed by atoms with Crippen LogP contribution in [0.15, 0.2) is 53.3 Å². The third-order valence-corrected chi connectivity index (χ3v) is 4.51. The van der Waals surface area contributed by atoms with Crippen LogP contribution in [0.4, 0.5) is 4.39 Å². The zero-order chi connectivity index (χ0) is 21.5. The van der Waals surface area contributed by atoms with Crippen molar-refractivity contribution in [3.05, 3.63) is 76.1 Å². The first kappa shape index (κ1) is 21.2. The van der Waals surface area contributed by atoms with Gasteiger partial charge in [-0.1, -0.05) is 24.3 Å². The van der Waals surface area contributed by atoms with Crippen LogP contribution < -0.4 is 10.9 Å². The van der Waals surface area contributed by atoms with Crippen molar-refractivity contribution in [3.63, 3.8) is 0 Å². The van der Waals surface area contributed by atoms with E-state index in [1.807, 2.05) is 0 Å². The number of nitrogens with one attached hydrogen (secondary N) is 2. The molecule has 0 saturated carbocycles. The lowest BCUT2D eigenvalue weighted by Crippen LogP contribution is -2.35. The maximum atomic E-state index is 12.9. The summed E-state index contributed by atoms with van der Waals surface area (Å²) in [5, 5.41) is 3.16. The molecule has 0 aliphatic rings. The minimum atomic E-state index is -0.948. The van der Waals surface area contributed by atoms with E-state index in [0.29, 0.717) is 29.6 Å². The summed E-state index contributed by atoms with van der Waals surface area (Å²) in [5.74, 6) is -0.803. The van der Waals surface area contributed by atoms with Crippen LogP contribution >= 0.6 is 0 Å². The summed E-state index contributed by atoms with van der Waals surface area (Å²) in [7, 11) is 0. The van der Waals surface area contributed by atoms with Gasteiger partial charge in [-0.15, -0.1) is 0 Å². The zero-order valence-electron chi connectivity index (χ0n) is 16.5. The highest BCUT2D eigenvalue weighted by molar-refractivity contribution is 5.83. The largest absolute Gasteiger partial charge is 0.453 e. The molecule has 3 rings (SSSR count). The lowest BCUT2D eigenvalue weighted by molar-refractivity contribution is -0.154. The number of benzene rings is 2. The number of halogens is 1. The number of hydrogen-bond donors (Lipinski definition) is 2. The van der Waals surface area contributed by atoms with Gasteiger partial charge in [0.15, 0.2) is 6.10 Å². The summed E-state index contributed by atoms with van der Waals surface area (Å²) in [6, 6.07) is 12.8. The van der Waals surface area contributed by atoms with Crippen molar-refractivity contribution in [2.24, 2.45) is 0 Å². The molecule has 0 aliphatic carbocycles. The van der Waals surface area contributed by atoms with Gasteiger partial charge in [0.1, 0.15) is 11.6 Å². The topological polar surface area (TPSA) is 101 Å². The third kappa shape index (κ3) is 5.73. The molecule has 156 valence electrons. The van der Waals surface area contributed by atoms with Crippen molar-refractivity contribution in [2.75, 3.05) is 0 Å². The van der Waals surface area contributed by atoms with E-state index in [0.717, 1.165) is 5.56 Å². The normalized spacial score (nSPS) is 11.8. The third-order valence-electron chi connectivity index (χ3n) is 4.51. The number of esters is 1. The summed E-state index contributed by atoms with van der Waals surface area (Å²) in [6.45, 7) is 1.70. The lowest BCUT2D eigenvalue weighted by Gasteiger charge is -2.13. The Morgan fingerprint density at radius 2 is 1.90 bits per heavy atom. The highest BCUT2D eigenvalue weighted by Crippen LogP contribution is 2.08. The Balaban J connectivity index is 1.43. The van der Waals surface area contributed by atoms with Crippen LogP contribution in [0.5, 0.6) is 0 Å². The average molecular weight is 411 g/mol. The Kier molecular flexibility index (Phi) is 6.90. The van der Waals surface area contributed by atoms with Crippen LogP contribution in [0.2, 0.25) is 0 Å². The highest BCUT2D eigenvalue weighted by atomic mass is 19.1. The number of rotatable bonds is 8. The number of aryl methyl sites for hydroxylation is 1. The number of hydrogen-bond acceptors (Lipinski definition) is 5. The monoisotopic (exact) mass is 411 g/mol. The molecule has 1 atom stereocenters. The summed E-state index contributed by atoms with van der Waals surface area (Å²) >= 11 is 0. The lowest BCUT2D eigenvalue weighted by atomic mass is 10.2. The molecule has 0 saturated heterocycles. The van der Waals surface area contributed by atoms with Gasteiger partial charge >= 0.3 is 5.97 Å². The van der Waals surface area contributed by atoms with Gasteiger partial charge in [0, 0.05) is 19.4 Å². The molecule has 2 N–H and O–H groups in total. The highest BCUT2D eigenvalue weighted by Gasteiger charge is 2.17. The minimum absolute atomic E-state index is 0.0894. The van der Waals surface area contributed by atoms with Crippen molar-refractivity contribution < 1.29 is 18.7 Å². The number of fused-ring (bicyclic) bond motifs is 1. The SMILES string of the molecule is CC(OC(=O)CCCc1nc2ccccc2c(=O)[nH]1)C(=O)NCc1ccc(F)cc1. The van der Waals surface area contributed by atoms with Crippen molar-refractivity contribution >= 4 is 22.8 Å². The molecule has 0 fully saturated rings. The molecule has 2 aromatic carbocycles. The maximum Gasteiger partial charge on any atom is 0.306 e. The standard InChI is InChI=1S/C22H22FN3O4/c1-14(21(28)24-13-15-9-11-16(23)12-10-15)30-20(27)8-4-7-19-25-18-6-3-2-5-17(18)22(29)26-19/h2-3,5-6,9-12,14H,4,7-8,13H2,1H3,(H,24,28)(H,25,26,29). The predicted molar refractivity (Wildman–Crippen MR) is 109 cm³/mol. The smallest absolute Gasteiger partial charge is 0.306 e. The first-order valence-electron chi connectivity index (χ1n) is 9.62. The van der Waals surface area contributed by atoms with Crippen LogP contribution in [0, 0.1) is 5.82 Å². The molecule has 1 amide bonds. The molecule has 7 nitrogen and oxygen atoms in total. The number of aromatic amines is 1. The van der Waals surface area contributed by atoms with E-state index in [1.165, 1.54) is 19.1 Å². The Morgan fingerprint density at radius 1 is 1.17 bits per heavy atom. The second kappa shape index (κ2) is 9.78. The first-order valence-corrected chi connectivity index (χ1v) is 9.62. The van der Waals surface area contributed by atoms with Crippen molar-refractivity contribution in [1.29, 1.82) is 0 Å². The Hall–Kier alpha value is -3.55. The number of H-pyrrole nitrogens is 1. The van der Waals surface area contributed by atoms with Crippen LogP contribution in [0.1, 0.15) is 31.2 Å². The van der Waals surface area contributed by atoms with E-state index < -0.39 is 18.0 Å². The summed E-state index contributed by atoms with van der Waals surface area (Å²) in [4.78, 5) is 43.2. The summed E-state index contributed by atoms with van der Waals surface area (Å²) < 4.78 is 18.0. The molecule has 0 bridgehead atoms. The van der Waals surface area contributed by atoms with E-state index in [9.17, 15) is 18.8 Å². The first-order chi connectivity index (χ1) is 14.4.